The van der Waals surface area contributed by atoms with Crippen molar-refractivity contribution in [1.29, 1.82) is 0 Å². The number of esters is 10. The molecule has 1 aromatic carbocycles. The van der Waals surface area contributed by atoms with Crippen LogP contribution in [0.2, 0.25) is 0 Å². The van der Waals surface area contributed by atoms with E-state index in [4.69, 9.17) is 85.3 Å². The molecule has 10 N–H and O–H groups in total. The van der Waals surface area contributed by atoms with Crippen LogP contribution >= 0.6 is 0 Å². The molecule has 812 valence electrons. The van der Waals surface area contributed by atoms with Gasteiger partial charge in [0.25, 0.3) is 0 Å². The molecule has 3 aliphatic heterocycles. The molecule has 15 atom stereocenters. The Morgan fingerprint density at radius 2 is 0.528 bits per heavy atom. The fourth-order valence-electron chi connectivity index (χ4n) is 14.3. The third-order valence-electron chi connectivity index (χ3n) is 20.6. The van der Waals surface area contributed by atoms with E-state index >= 15 is 0 Å². The Hall–Kier alpha value is -12.1. The van der Waals surface area contributed by atoms with Gasteiger partial charge in [-0.2, -0.15) is 8.78 Å². The molecule has 6 unspecified atom stereocenters. The van der Waals surface area contributed by atoms with Gasteiger partial charge in [-0.25, -0.2) is 13.2 Å². The van der Waals surface area contributed by atoms with E-state index in [0.717, 1.165) is 62.3 Å². The van der Waals surface area contributed by atoms with E-state index < -0.39 is 292 Å². The van der Waals surface area contributed by atoms with Gasteiger partial charge in [-0.1, -0.05) is 0 Å². The van der Waals surface area contributed by atoms with Gasteiger partial charge in [0.2, 0.25) is 93.9 Å². The molecule has 0 saturated carbocycles. The number of hydrogen-bond acceptors (Lipinski definition) is 39. The predicted octanol–water partition coefficient (Wildman–Crippen LogP) is -0.0706. The fourth-order valence-corrected chi connectivity index (χ4v) is 14.3. The maximum absolute atomic E-state index is 14.5. The van der Waals surface area contributed by atoms with Crippen LogP contribution in [-0.2, 0) is 181 Å². The molecular weight excluding hydrogens is 1940 g/mol. The van der Waals surface area contributed by atoms with Crippen LogP contribution in [0.3, 0.4) is 0 Å². The van der Waals surface area contributed by atoms with Crippen molar-refractivity contribution in [2.24, 2.45) is 0 Å². The Balaban J connectivity index is 1.41. The molecule has 3 aliphatic rings. The lowest BCUT2D eigenvalue weighted by molar-refractivity contribution is -0.277. The standard InChI is InChI=1S/C90H133F5N10O39/c1-49(106)102-77-84(138-58(10)115)80(135-55(7)112)61(43-132-52(4)109)141-87(77)129-37-16-13-23-64(118)96-31-20-34-99-67(121)28-40-126-46-90(105-70(124)26-19-27-71(125)144-83-75(94)73(92)72(91)74(93)76(83)95,47-127-41-29-68(122)100-35-21-32-97-65(119)24-14-17-38-130-88-78(103-50(2)107)85(139-59(11)116)81(136-56(8)113)62(142-88)44-133-53(5)110)48-128-42-30-69(123)101-36-22-33-98-66(120)25-15-18-39-131-89-79(104-51(3)108)86(140-60(12)117)82(137-57(9)114)63(143-89)45-134-54(6)111/h61-63,77-82,84-89H,13-48H2,1-12H3,(H,96,118)(H,97,119)(H,98,120)(H,99,121)(H,100,122)(H,101,123)(H,102,106)(H,103,107)(H,104,108)(H,105,124)/t61?,62?,63?,77-,78-,79-,80-,81-,82-,84?,85?,86?,87+,88+,89+,90?/m0/s1. The van der Waals surface area contributed by atoms with Crippen LogP contribution in [0, 0.1) is 29.1 Å². The second-order valence-corrected chi connectivity index (χ2v) is 33.3. The largest absolute Gasteiger partial charge is 0.463 e. The molecule has 10 amide bonds. The number of rotatable bonds is 66. The Morgan fingerprint density at radius 1 is 0.278 bits per heavy atom. The lowest BCUT2D eigenvalue weighted by Crippen LogP contribution is -2.66. The summed E-state index contributed by atoms with van der Waals surface area (Å²) in [4.78, 5) is 251. The van der Waals surface area contributed by atoms with Crippen LogP contribution in [0.15, 0.2) is 0 Å². The lowest BCUT2D eigenvalue weighted by Gasteiger charge is -2.44. The van der Waals surface area contributed by atoms with Gasteiger partial charge in [0.05, 0.1) is 39.6 Å². The first-order valence-corrected chi connectivity index (χ1v) is 46.6. The van der Waals surface area contributed by atoms with Gasteiger partial charge in [-0.15, -0.1) is 0 Å². The molecule has 3 heterocycles. The summed E-state index contributed by atoms with van der Waals surface area (Å²) in [6, 6.07) is -3.65. The second kappa shape index (κ2) is 66.8. The molecule has 0 aromatic heterocycles. The normalized spacial score (nSPS) is 20.9. The van der Waals surface area contributed by atoms with E-state index in [2.05, 4.69) is 57.9 Å². The first-order valence-electron chi connectivity index (χ1n) is 46.6. The highest BCUT2D eigenvalue weighted by atomic mass is 19.2. The van der Waals surface area contributed by atoms with Gasteiger partial charge in [0.1, 0.15) is 61.8 Å². The van der Waals surface area contributed by atoms with Crippen LogP contribution < -0.4 is 57.9 Å². The summed E-state index contributed by atoms with van der Waals surface area (Å²) in [5, 5.41) is 26.7. The van der Waals surface area contributed by atoms with Crippen molar-refractivity contribution in [1.82, 2.24) is 53.2 Å². The minimum absolute atomic E-state index is 0.00244. The number of nitrogens with one attached hydrogen (secondary N) is 10. The molecular formula is C90H133F5N10O39. The Labute approximate surface area is 826 Å². The molecule has 0 aliphatic carbocycles. The van der Waals surface area contributed by atoms with Gasteiger partial charge in [-0.3, -0.25) is 95.9 Å². The van der Waals surface area contributed by atoms with Crippen molar-refractivity contribution in [2.45, 2.75) is 296 Å². The summed E-state index contributed by atoms with van der Waals surface area (Å²) in [6.45, 7) is 9.50. The van der Waals surface area contributed by atoms with Crippen molar-refractivity contribution < 1.29 is 208 Å². The third kappa shape index (κ3) is 49.0. The third-order valence-corrected chi connectivity index (χ3v) is 20.6. The van der Waals surface area contributed by atoms with Crippen LogP contribution in [0.25, 0.3) is 0 Å². The van der Waals surface area contributed by atoms with Crippen LogP contribution in [-0.4, -0.2) is 335 Å². The SMILES string of the molecule is CC(=O)N[C@H]1C(OC(C)=O)[C@@H](OC(C)=O)C(COC(C)=O)O[C@H]1OCCCCC(=O)NCCCNC(=O)CCOCC(COCCC(=O)NCCCNC(=O)CCCCO[C@@H]1OC(COC(C)=O)[C@H](OC(C)=O)C(OC(C)=O)[C@@H]1NC(C)=O)(COCCC(=O)NCCCNC(=O)CCCCO[C@@H]1OC(COC(C)=O)[C@H](OC(C)=O)C(OC(C)=O)[C@@H]1NC(C)=O)NC(=O)CCCC(=O)Oc1c(F)c(F)c(F)c(F)c1F. The fraction of sp³-hybridized carbons (Fsp3) is 0.711. The minimum atomic E-state index is -2.53. The summed E-state index contributed by atoms with van der Waals surface area (Å²) < 4.78 is 177. The summed E-state index contributed by atoms with van der Waals surface area (Å²) in [6.07, 6.45) is -16.4. The molecule has 0 radical (unpaired) electrons. The Bertz CT molecular complexity index is 4070. The molecule has 4 rings (SSSR count). The quantitative estimate of drug-likeness (QED) is 0.00776. The molecule has 144 heavy (non-hydrogen) atoms. The summed E-state index contributed by atoms with van der Waals surface area (Å²) >= 11 is 0. The Kier molecular flexibility index (Phi) is 57.6. The van der Waals surface area contributed by atoms with Crippen LogP contribution in [0.5, 0.6) is 5.75 Å². The lowest BCUT2D eigenvalue weighted by atomic mass is 9.96. The highest BCUT2D eigenvalue weighted by molar-refractivity contribution is 5.81. The first-order chi connectivity index (χ1) is 68.2. The maximum atomic E-state index is 14.5. The van der Waals surface area contributed by atoms with Crippen molar-refractivity contribution in [3.63, 3.8) is 0 Å². The van der Waals surface area contributed by atoms with Crippen LogP contribution in [0.4, 0.5) is 22.0 Å². The topological polar surface area (TPSA) is 637 Å². The highest BCUT2D eigenvalue weighted by Gasteiger charge is 2.55. The molecule has 3 fully saturated rings. The molecule has 1 aromatic rings. The monoisotopic (exact) mass is 2070 g/mol. The van der Waals surface area contributed by atoms with Crippen molar-refractivity contribution in [2.75, 3.05) is 119 Å². The maximum Gasteiger partial charge on any atom is 0.311 e. The van der Waals surface area contributed by atoms with Crippen molar-refractivity contribution >= 4 is 119 Å². The number of carbonyl (C=O) groups is 20. The zero-order valence-electron chi connectivity index (χ0n) is 82.4. The summed E-state index contributed by atoms with van der Waals surface area (Å²) in [5.41, 5.74) is -1.82. The predicted molar refractivity (Wildman–Crippen MR) is 476 cm³/mol. The number of halogens is 5. The van der Waals surface area contributed by atoms with E-state index in [-0.39, 0.29) is 193 Å². The van der Waals surface area contributed by atoms with Crippen molar-refractivity contribution in [3.05, 3.63) is 29.1 Å². The molecule has 0 spiro atoms. The molecule has 54 heteroatoms. The molecule has 3 saturated heterocycles. The summed E-state index contributed by atoms with van der Waals surface area (Å²) in [5.74, 6) is -28.1. The van der Waals surface area contributed by atoms with Gasteiger partial charge in [0, 0.05) is 194 Å². The highest BCUT2D eigenvalue weighted by Crippen LogP contribution is 2.34. The smallest absolute Gasteiger partial charge is 0.311 e. The van der Waals surface area contributed by atoms with Gasteiger partial charge >= 0.3 is 59.7 Å². The van der Waals surface area contributed by atoms with Gasteiger partial charge in [0.15, 0.2) is 55.5 Å². The van der Waals surface area contributed by atoms with Crippen molar-refractivity contribution in [3.8, 4) is 5.75 Å². The number of amides is 10. The van der Waals surface area contributed by atoms with E-state index in [1.54, 1.807) is 0 Å². The second-order valence-electron chi connectivity index (χ2n) is 33.3. The molecule has 49 nitrogen and oxygen atoms in total. The Morgan fingerprint density at radius 3 is 0.785 bits per heavy atom. The van der Waals surface area contributed by atoms with Crippen LogP contribution in [0.1, 0.15) is 199 Å². The summed E-state index contributed by atoms with van der Waals surface area (Å²) in [7, 11) is 0. The average Bonchev–Trinajstić information content (AvgIpc) is 0.748. The van der Waals surface area contributed by atoms with E-state index in [9.17, 15) is 118 Å². The number of hydrogen-bond donors (Lipinski definition) is 10. The van der Waals surface area contributed by atoms with E-state index in [1.165, 1.54) is 20.8 Å². The number of ether oxygens (including phenoxy) is 19. The van der Waals surface area contributed by atoms with Gasteiger partial charge in [-0.05, 0) is 64.2 Å². The minimum Gasteiger partial charge on any atom is -0.463 e. The zero-order chi connectivity index (χ0) is 107. The first kappa shape index (κ1) is 124. The zero-order valence-corrected chi connectivity index (χ0v) is 82.4. The average molecular weight is 2070 g/mol. The number of benzene rings is 1. The van der Waals surface area contributed by atoms with E-state index in [1.807, 2.05) is 0 Å². The number of unbranched alkanes of at least 4 members (excludes halogenated alkanes) is 3. The van der Waals surface area contributed by atoms with Gasteiger partial charge < -0.3 is 143 Å². The molecule has 0 bridgehead atoms. The number of carbonyl (C=O) groups excluding carboxylic acids is 20. The van der Waals surface area contributed by atoms with E-state index in [0.29, 0.717) is 0 Å².